The van der Waals surface area contributed by atoms with Gasteiger partial charge in [0.1, 0.15) is 6.07 Å². The molecule has 0 radical (unpaired) electrons. The van der Waals surface area contributed by atoms with Gasteiger partial charge in [-0.1, -0.05) is 42.5 Å². The lowest BCUT2D eigenvalue weighted by Crippen LogP contribution is -2.38. The van der Waals surface area contributed by atoms with Crippen molar-refractivity contribution < 1.29 is 13.2 Å². The Morgan fingerprint density at radius 3 is 2.23 bits per heavy atom. The van der Waals surface area contributed by atoms with Crippen molar-refractivity contribution in [3.05, 3.63) is 100.0 Å². The highest BCUT2D eigenvalue weighted by atomic mass is 19.4. The highest BCUT2D eigenvalue weighted by molar-refractivity contribution is 5.76. The van der Waals surface area contributed by atoms with Crippen molar-refractivity contribution >= 4 is 16.7 Å². The Kier molecular flexibility index (Phi) is 5.85. The van der Waals surface area contributed by atoms with E-state index in [1.807, 2.05) is 30.3 Å². The third-order valence-corrected chi connectivity index (χ3v) is 6.72. The van der Waals surface area contributed by atoms with Crippen LogP contribution in [-0.4, -0.2) is 22.2 Å². The number of benzene rings is 3. The smallest absolute Gasteiger partial charge is 0.370 e. The van der Waals surface area contributed by atoms with Crippen LogP contribution >= 0.6 is 0 Å². The second-order valence-corrected chi connectivity index (χ2v) is 8.73. The first-order chi connectivity index (χ1) is 16.9. The summed E-state index contributed by atoms with van der Waals surface area (Å²) >= 11 is 0. The third kappa shape index (κ3) is 4.18. The lowest BCUT2D eigenvalue weighted by atomic mass is 10.0. The van der Waals surface area contributed by atoms with Crippen molar-refractivity contribution in [3.8, 4) is 6.07 Å². The van der Waals surface area contributed by atoms with E-state index < -0.39 is 11.7 Å². The number of halogens is 3. The number of fused-ring (bicyclic) bond motifs is 1. The van der Waals surface area contributed by atoms with E-state index in [4.69, 9.17) is 0 Å². The summed E-state index contributed by atoms with van der Waals surface area (Å²) < 4.78 is 43.9. The zero-order chi connectivity index (χ0) is 24.6. The molecule has 5 rings (SSSR count). The van der Waals surface area contributed by atoms with Crippen molar-refractivity contribution in [2.45, 2.75) is 31.6 Å². The molecule has 0 N–H and O–H groups in total. The molecule has 1 aliphatic heterocycles. The van der Waals surface area contributed by atoms with Gasteiger partial charge in [0, 0.05) is 19.1 Å². The molecule has 8 heteroatoms. The van der Waals surface area contributed by atoms with Crippen molar-refractivity contribution in [1.82, 2.24) is 9.13 Å². The molecule has 3 aromatic carbocycles. The third-order valence-electron chi connectivity index (χ3n) is 6.72. The summed E-state index contributed by atoms with van der Waals surface area (Å²) in [5, 5.41) is 9.43. The fourth-order valence-electron chi connectivity index (χ4n) is 5.05. The minimum Gasteiger partial charge on any atom is -0.370 e. The Morgan fingerprint density at radius 2 is 1.51 bits per heavy atom. The highest BCUT2D eigenvalue weighted by Crippen LogP contribution is 2.33. The zero-order valence-corrected chi connectivity index (χ0v) is 18.9. The van der Waals surface area contributed by atoms with Crippen LogP contribution in [0.2, 0.25) is 0 Å². The Balaban J connectivity index is 1.48. The van der Waals surface area contributed by atoms with Gasteiger partial charge < -0.3 is 4.90 Å². The van der Waals surface area contributed by atoms with Crippen LogP contribution < -0.4 is 10.6 Å². The van der Waals surface area contributed by atoms with Gasteiger partial charge in [0.15, 0.2) is 0 Å². The summed E-state index contributed by atoms with van der Waals surface area (Å²) in [6.45, 7) is 1.19. The van der Waals surface area contributed by atoms with Crippen LogP contribution in [0.1, 0.15) is 35.6 Å². The summed E-state index contributed by atoms with van der Waals surface area (Å²) in [6.07, 6.45) is -3.12. The van der Waals surface area contributed by atoms with Gasteiger partial charge in [-0.05, 0) is 48.7 Å². The van der Waals surface area contributed by atoms with Crippen molar-refractivity contribution in [2.24, 2.45) is 0 Å². The zero-order valence-electron chi connectivity index (χ0n) is 18.9. The number of aromatic nitrogens is 2. The van der Waals surface area contributed by atoms with E-state index in [0.29, 0.717) is 37.0 Å². The molecule has 1 fully saturated rings. The number of hydrogen-bond donors (Lipinski definition) is 0. The maximum absolute atomic E-state index is 13.6. The number of para-hydroxylation sites is 3. The van der Waals surface area contributed by atoms with Crippen LogP contribution in [0.4, 0.5) is 18.9 Å². The first-order valence-corrected chi connectivity index (χ1v) is 11.5. The number of piperidine rings is 1. The van der Waals surface area contributed by atoms with E-state index in [-0.39, 0.29) is 23.8 Å². The highest BCUT2D eigenvalue weighted by Gasteiger charge is 2.33. The second kappa shape index (κ2) is 8.99. The molecule has 0 amide bonds. The quantitative estimate of drug-likeness (QED) is 0.386. The van der Waals surface area contributed by atoms with Gasteiger partial charge in [-0.2, -0.15) is 18.4 Å². The van der Waals surface area contributed by atoms with E-state index in [9.17, 15) is 23.2 Å². The van der Waals surface area contributed by atoms with Crippen LogP contribution in [0.25, 0.3) is 11.0 Å². The molecular weight excluding hydrogens is 453 g/mol. The van der Waals surface area contributed by atoms with Gasteiger partial charge in [-0.3, -0.25) is 9.13 Å². The lowest BCUT2D eigenvalue weighted by molar-refractivity contribution is -0.138. The van der Waals surface area contributed by atoms with E-state index in [1.54, 1.807) is 28.8 Å². The summed E-state index contributed by atoms with van der Waals surface area (Å²) in [6, 6.07) is 22.2. The molecule has 0 unspecified atom stereocenters. The fraction of sp³-hybridized carbons (Fsp3) is 0.259. The van der Waals surface area contributed by atoms with Crippen LogP contribution in [0.15, 0.2) is 77.6 Å². The van der Waals surface area contributed by atoms with Gasteiger partial charge in [0.25, 0.3) is 0 Å². The minimum absolute atomic E-state index is 0.0629. The van der Waals surface area contributed by atoms with Crippen molar-refractivity contribution in [2.75, 3.05) is 18.0 Å². The molecule has 178 valence electrons. The Labute approximate surface area is 200 Å². The van der Waals surface area contributed by atoms with Crippen LogP contribution in [-0.2, 0) is 12.7 Å². The summed E-state index contributed by atoms with van der Waals surface area (Å²) in [5.74, 6) is 0. The molecular formula is C27H23F3N4O. The number of nitrogens with zero attached hydrogens (tertiary/aromatic N) is 4. The summed E-state index contributed by atoms with van der Waals surface area (Å²) in [7, 11) is 0. The molecule has 0 bridgehead atoms. The Hall–Kier alpha value is -3.99. The van der Waals surface area contributed by atoms with Crippen LogP contribution in [0, 0.1) is 11.3 Å². The first kappa shape index (κ1) is 22.8. The van der Waals surface area contributed by atoms with E-state index >= 15 is 0 Å². The van der Waals surface area contributed by atoms with Crippen molar-refractivity contribution in [1.29, 1.82) is 5.26 Å². The monoisotopic (exact) mass is 476 g/mol. The first-order valence-electron chi connectivity index (χ1n) is 11.5. The van der Waals surface area contributed by atoms with Crippen LogP contribution in [0.5, 0.6) is 0 Å². The number of rotatable bonds is 4. The number of hydrogen-bond acceptors (Lipinski definition) is 3. The number of nitriles is 1. The molecule has 0 saturated carbocycles. The maximum atomic E-state index is 13.6. The summed E-state index contributed by atoms with van der Waals surface area (Å²) in [5.41, 5.74) is 1.86. The van der Waals surface area contributed by atoms with E-state index in [2.05, 4.69) is 11.0 Å². The molecule has 1 aromatic heterocycles. The second-order valence-electron chi connectivity index (χ2n) is 8.73. The van der Waals surface area contributed by atoms with Gasteiger partial charge in [-0.25, -0.2) is 4.79 Å². The van der Waals surface area contributed by atoms with Crippen LogP contribution in [0.3, 0.4) is 0 Å². The Morgan fingerprint density at radius 1 is 0.886 bits per heavy atom. The molecule has 35 heavy (non-hydrogen) atoms. The molecule has 0 atom stereocenters. The molecule has 4 aromatic rings. The van der Waals surface area contributed by atoms with Gasteiger partial charge >= 0.3 is 11.9 Å². The number of anilines is 1. The predicted molar refractivity (Wildman–Crippen MR) is 128 cm³/mol. The molecule has 0 spiro atoms. The van der Waals surface area contributed by atoms with E-state index in [0.717, 1.165) is 17.3 Å². The minimum atomic E-state index is -4.49. The average Bonchev–Trinajstić information content (AvgIpc) is 3.15. The molecule has 0 aliphatic carbocycles. The normalized spacial score (nSPS) is 14.9. The molecule has 5 nitrogen and oxygen atoms in total. The van der Waals surface area contributed by atoms with Crippen molar-refractivity contribution in [3.63, 3.8) is 0 Å². The molecule has 1 aliphatic rings. The topological polar surface area (TPSA) is 54.0 Å². The lowest BCUT2D eigenvalue weighted by Gasteiger charge is -2.34. The standard InChI is InChI=1S/C27H23F3N4O/c28-27(29,30)22-9-3-1-8-20(22)18-33-24-11-5-6-12-25(24)34(26(33)35)21-13-15-32(16-14-21)23-10-4-2-7-19(23)17-31/h1-12,21H,13-16,18H2. The fourth-order valence-corrected chi connectivity index (χ4v) is 5.05. The predicted octanol–water partition coefficient (Wildman–Crippen LogP) is 5.58. The SMILES string of the molecule is N#Cc1ccccc1N1CCC(n2c(=O)n(Cc3ccccc3C(F)(F)F)c3ccccc32)CC1. The average molecular weight is 477 g/mol. The summed E-state index contributed by atoms with van der Waals surface area (Å²) in [4.78, 5) is 15.7. The van der Waals surface area contributed by atoms with Gasteiger partial charge in [0.2, 0.25) is 0 Å². The number of imidazole rings is 1. The van der Waals surface area contributed by atoms with Gasteiger partial charge in [0.05, 0.1) is 34.4 Å². The largest absolute Gasteiger partial charge is 0.416 e. The van der Waals surface area contributed by atoms with Gasteiger partial charge in [-0.15, -0.1) is 0 Å². The number of alkyl halides is 3. The molecule has 2 heterocycles. The molecule has 1 saturated heterocycles. The Bertz CT molecular complexity index is 1470. The maximum Gasteiger partial charge on any atom is 0.416 e. The van der Waals surface area contributed by atoms with E-state index in [1.165, 1.54) is 16.7 Å².